The molecular formula is C21H19Br. The van der Waals surface area contributed by atoms with Gasteiger partial charge in [0.25, 0.3) is 0 Å². The zero-order valence-corrected chi connectivity index (χ0v) is 14.7. The molecule has 0 heterocycles. The van der Waals surface area contributed by atoms with Crippen molar-refractivity contribution < 1.29 is 0 Å². The van der Waals surface area contributed by atoms with Gasteiger partial charge in [-0.15, -0.1) is 0 Å². The molecule has 110 valence electrons. The molecule has 0 saturated carbocycles. The lowest BCUT2D eigenvalue weighted by Gasteiger charge is -2.11. The normalized spacial score (nSPS) is 10.7. The highest BCUT2D eigenvalue weighted by Crippen LogP contribution is 2.30. The van der Waals surface area contributed by atoms with Crippen LogP contribution in [0.2, 0.25) is 0 Å². The molecule has 3 rings (SSSR count). The van der Waals surface area contributed by atoms with Gasteiger partial charge in [-0.3, -0.25) is 0 Å². The molecule has 22 heavy (non-hydrogen) atoms. The first-order valence-corrected chi connectivity index (χ1v) is 8.27. The van der Waals surface area contributed by atoms with Crippen LogP contribution in [0, 0.1) is 20.8 Å². The molecule has 0 radical (unpaired) electrons. The summed E-state index contributed by atoms with van der Waals surface area (Å²) in [5, 5.41) is 0. The van der Waals surface area contributed by atoms with Crippen LogP contribution in [0.15, 0.2) is 65.1 Å². The van der Waals surface area contributed by atoms with Gasteiger partial charge < -0.3 is 0 Å². The molecule has 0 amide bonds. The van der Waals surface area contributed by atoms with E-state index < -0.39 is 0 Å². The van der Waals surface area contributed by atoms with Crippen LogP contribution in [-0.2, 0) is 0 Å². The number of aryl methyl sites for hydroxylation is 3. The van der Waals surface area contributed by atoms with Crippen LogP contribution in [0.4, 0.5) is 0 Å². The lowest BCUT2D eigenvalue weighted by Crippen LogP contribution is -1.88. The standard InChI is InChI=1S/C21H19Br/c1-14-10-15(2)12-19(11-14)21-9-6-18(13-16(21)3)17-4-7-20(22)8-5-17/h4-13H,1-3H3. The maximum Gasteiger partial charge on any atom is 0.0175 e. The molecule has 0 aliphatic rings. The Kier molecular flexibility index (Phi) is 4.17. The lowest BCUT2D eigenvalue weighted by atomic mass is 9.94. The molecule has 0 aliphatic heterocycles. The van der Waals surface area contributed by atoms with E-state index in [1.54, 1.807) is 0 Å². The minimum absolute atomic E-state index is 1.11. The van der Waals surface area contributed by atoms with Gasteiger partial charge in [-0.05, 0) is 60.7 Å². The molecule has 0 unspecified atom stereocenters. The Balaban J connectivity index is 2.03. The third-order valence-corrected chi connectivity index (χ3v) is 4.47. The first kappa shape index (κ1) is 15.1. The number of hydrogen-bond acceptors (Lipinski definition) is 0. The summed E-state index contributed by atoms with van der Waals surface area (Å²) < 4.78 is 1.11. The van der Waals surface area contributed by atoms with Gasteiger partial charge >= 0.3 is 0 Å². The van der Waals surface area contributed by atoms with E-state index in [-0.39, 0.29) is 0 Å². The highest BCUT2D eigenvalue weighted by atomic mass is 79.9. The van der Waals surface area contributed by atoms with E-state index in [1.807, 2.05) is 0 Å². The minimum Gasteiger partial charge on any atom is -0.0563 e. The first-order chi connectivity index (χ1) is 10.5. The van der Waals surface area contributed by atoms with Gasteiger partial charge in [0, 0.05) is 4.47 Å². The summed E-state index contributed by atoms with van der Waals surface area (Å²) in [5.41, 5.74) is 9.06. The smallest absolute Gasteiger partial charge is 0.0175 e. The molecule has 0 spiro atoms. The summed E-state index contributed by atoms with van der Waals surface area (Å²) in [6, 6.07) is 21.9. The lowest BCUT2D eigenvalue weighted by molar-refractivity contribution is 1.37. The fourth-order valence-corrected chi connectivity index (χ4v) is 3.20. The Morgan fingerprint density at radius 2 is 1.18 bits per heavy atom. The fraction of sp³-hybridized carbons (Fsp3) is 0.143. The average molecular weight is 351 g/mol. The number of rotatable bonds is 2. The van der Waals surface area contributed by atoms with Crippen LogP contribution < -0.4 is 0 Å². The predicted molar refractivity (Wildman–Crippen MR) is 99.2 cm³/mol. The fourth-order valence-electron chi connectivity index (χ4n) is 2.94. The Labute approximate surface area is 141 Å². The van der Waals surface area contributed by atoms with E-state index in [0.29, 0.717) is 0 Å². The monoisotopic (exact) mass is 350 g/mol. The summed E-state index contributed by atoms with van der Waals surface area (Å²) in [6.07, 6.45) is 0. The van der Waals surface area contributed by atoms with Crippen molar-refractivity contribution in [3.8, 4) is 22.3 Å². The zero-order valence-electron chi connectivity index (χ0n) is 13.2. The third-order valence-electron chi connectivity index (χ3n) is 3.94. The van der Waals surface area contributed by atoms with Gasteiger partial charge in [0.15, 0.2) is 0 Å². The highest BCUT2D eigenvalue weighted by Gasteiger charge is 2.06. The van der Waals surface area contributed by atoms with Crippen molar-refractivity contribution in [2.45, 2.75) is 20.8 Å². The van der Waals surface area contributed by atoms with Crippen molar-refractivity contribution in [3.05, 3.63) is 81.8 Å². The van der Waals surface area contributed by atoms with Gasteiger partial charge in [-0.25, -0.2) is 0 Å². The molecule has 0 aliphatic carbocycles. The Morgan fingerprint density at radius 1 is 0.591 bits per heavy atom. The van der Waals surface area contributed by atoms with E-state index >= 15 is 0 Å². The van der Waals surface area contributed by atoms with Crippen LogP contribution in [0.25, 0.3) is 22.3 Å². The van der Waals surface area contributed by atoms with Crippen molar-refractivity contribution in [1.82, 2.24) is 0 Å². The summed E-state index contributed by atoms with van der Waals surface area (Å²) in [7, 11) is 0. The van der Waals surface area contributed by atoms with Crippen LogP contribution in [-0.4, -0.2) is 0 Å². The summed E-state index contributed by atoms with van der Waals surface area (Å²) in [5.74, 6) is 0. The van der Waals surface area contributed by atoms with Crippen LogP contribution >= 0.6 is 15.9 Å². The van der Waals surface area contributed by atoms with Crippen LogP contribution in [0.3, 0.4) is 0 Å². The van der Waals surface area contributed by atoms with E-state index in [4.69, 9.17) is 0 Å². The van der Waals surface area contributed by atoms with Gasteiger partial charge in [0.1, 0.15) is 0 Å². The third kappa shape index (κ3) is 3.15. The van der Waals surface area contributed by atoms with Crippen molar-refractivity contribution in [1.29, 1.82) is 0 Å². The second-order valence-electron chi connectivity index (χ2n) is 5.91. The Morgan fingerprint density at radius 3 is 1.77 bits per heavy atom. The van der Waals surface area contributed by atoms with Crippen LogP contribution in [0.1, 0.15) is 16.7 Å². The van der Waals surface area contributed by atoms with E-state index in [1.165, 1.54) is 38.9 Å². The molecule has 0 aromatic heterocycles. The van der Waals surface area contributed by atoms with Crippen molar-refractivity contribution in [3.63, 3.8) is 0 Å². The van der Waals surface area contributed by atoms with Crippen molar-refractivity contribution in [2.75, 3.05) is 0 Å². The zero-order chi connectivity index (χ0) is 15.7. The van der Waals surface area contributed by atoms with Crippen molar-refractivity contribution >= 4 is 15.9 Å². The number of halogens is 1. The maximum absolute atomic E-state index is 3.49. The first-order valence-electron chi connectivity index (χ1n) is 7.48. The molecule has 3 aromatic carbocycles. The molecule has 0 N–H and O–H groups in total. The second-order valence-corrected chi connectivity index (χ2v) is 6.83. The van der Waals surface area contributed by atoms with Gasteiger partial charge in [0.2, 0.25) is 0 Å². The second kappa shape index (κ2) is 6.10. The molecule has 1 heteroatoms. The Hall–Kier alpha value is -1.86. The summed E-state index contributed by atoms with van der Waals surface area (Å²) >= 11 is 3.49. The molecule has 0 bridgehead atoms. The molecule has 0 saturated heterocycles. The average Bonchev–Trinajstić information content (AvgIpc) is 2.46. The molecule has 0 fully saturated rings. The van der Waals surface area contributed by atoms with Gasteiger partial charge in [0.05, 0.1) is 0 Å². The molecule has 3 aromatic rings. The summed E-state index contributed by atoms with van der Waals surface area (Å²) in [6.45, 7) is 6.50. The van der Waals surface area contributed by atoms with Crippen molar-refractivity contribution in [2.24, 2.45) is 0 Å². The summed E-state index contributed by atoms with van der Waals surface area (Å²) in [4.78, 5) is 0. The van der Waals surface area contributed by atoms with Crippen LogP contribution in [0.5, 0.6) is 0 Å². The van der Waals surface area contributed by atoms with E-state index in [2.05, 4.69) is 97.4 Å². The minimum atomic E-state index is 1.11. The maximum atomic E-state index is 3.49. The molecule has 0 atom stereocenters. The van der Waals surface area contributed by atoms with Gasteiger partial charge in [-0.2, -0.15) is 0 Å². The number of hydrogen-bond donors (Lipinski definition) is 0. The molecular weight excluding hydrogens is 332 g/mol. The Bertz CT molecular complexity index is 794. The SMILES string of the molecule is Cc1cc(C)cc(-c2ccc(-c3ccc(Br)cc3)cc2C)c1. The predicted octanol–water partition coefficient (Wildman–Crippen LogP) is 6.71. The van der Waals surface area contributed by atoms with E-state index in [9.17, 15) is 0 Å². The molecule has 0 nitrogen and oxygen atoms in total. The topological polar surface area (TPSA) is 0 Å². The number of benzene rings is 3. The highest BCUT2D eigenvalue weighted by molar-refractivity contribution is 9.10. The largest absolute Gasteiger partial charge is 0.0563 e. The quantitative estimate of drug-likeness (QED) is 0.481. The van der Waals surface area contributed by atoms with Gasteiger partial charge in [-0.1, -0.05) is 75.6 Å². The van der Waals surface area contributed by atoms with E-state index in [0.717, 1.165) is 4.47 Å².